The van der Waals surface area contributed by atoms with Gasteiger partial charge in [0.1, 0.15) is 11.4 Å². The molecule has 116 valence electrons. The predicted molar refractivity (Wildman–Crippen MR) is 84.9 cm³/mol. The Balaban J connectivity index is 1.76. The third-order valence-corrected chi connectivity index (χ3v) is 4.14. The summed E-state index contributed by atoms with van der Waals surface area (Å²) in [5.74, 6) is 1.42. The first kappa shape index (κ1) is 14.6. The number of aromatic amines is 1. The van der Waals surface area contributed by atoms with Crippen molar-refractivity contribution in [3.05, 3.63) is 36.0 Å². The van der Waals surface area contributed by atoms with E-state index >= 15 is 0 Å². The lowest BCUT2D eigenvalue weighted by Crippen LogP contribution is -2.39. The summed E-state index contributed by atoms with van der Waals surface area (Å²) in [7, 11) is 1.64. The molecule has 5 nitrogen and oxygen atoms in total. The van der Waals surface area contributed by atoms with Gasteiger partial charge >= 0.3 is 0 Å². The number of rotatable bonds is 3. The van der Waals surface area contributed by atoms with Gasteiger partial charge in [0, 0.05) is 18.7 Å². The zero-order valence-corrected chi connectivity index (χ0v) is 13.0. The van der Waals surface area contributed by atoms with E-state index in [4.69, 9.17) is 4.74 Å². The van der Waals surface area contributed by atoms with Crippen LogP contribution < -0.4 is 4.74 Å². The Bertz CT molecular complexity index is 648. The van der Waals surface area contributed by atoms with Crippen LogP contribution >= 0.6 is 0 Å². The molecule has 3 rings (SSSR count). The van der Waals surface area contributed by atoms with Crippen LogP contribution in [0.25, 0.3) is 11.3 Å². The predicted octanol–water partition coefficient (Wildman–Crippen LogP) is 2.96. The standard InChI is InChI=1S/C17H21N3O2/c1-12-4-3-9-20(11-12)17(21)16-10-15(18-19-16)13-5-7-14(22-2)8-6-13/h5-8,10,12H,3-4,9,11H2,1-2H3,(H,18,19). The number of carbonyl (C=O) groups excluding carboxylic acids is 1. The normalized spacial score (nSPS) is 18.3. The molecule has 1 fully saturated rings. The fraction of sp³-hybridized carbons (Fsp3) is 0.412. The van der Waals surface area contributed by atoms with Crippen LogP contribution in [0.1, 0.15) is 30.3 Å². The van der Waals surface area contributed by atoms with Crippen molar-refractivity contribution in [2.75, 3.05) is 20.2 Å². The number of aromatic nitrogens is 2. The number of nitrogens with zero attached hydrogens (tertiary/aromatic N) is 2. The Morgan fingerprint density at radius 3 is 2.82 bits per heavy atom. The topological polar surface area (TPSA) is 58.2 Å². The molecular formula is C17H21N3O2. The summed E-state index contributed by atoms with van der Waals surface area (Å²) in [4.78, 5) is 14.4. The monoisotopic (exact) mass is 299 g/mol. The number of benzene rings is 1. The van der Waals surface area contributed by atoms with Gasteiger partial charge in [-0.3, -0.25) is 9.89 Å². The van der Waals surface area contributed by atoms with E-state index in [1.807, 2.05) is 35.2 Å². The van der Waals surface area contributed by atoms with E-state index < -0.39 is 0 Å². The van der Waals surface area contributed by atoms with E-state index in [9.17, 15) is 4.79 Å². The maximum Gasteiger partial charge on any atom is 0.271 e. The van der Waals surface area contributed by atoms with E-state index in [-0.39, 0.29) is 5.91 Å². The largest absolute Gasteiger partial charge is 0.497 e. The highest BCUT2D eigenvalue weighted by Crippen LogP contribution is 2.22. The van der Waals surface area contributed by atoms with Crippen LogP contribution in [-0.4, -0.2) is 41.2 Å². The molecule has 22 heavy (non-hydrogen) atoms. The van der Waals surface area contributed by atoms with Crippen molar-refractivity contribution >= 4 is 5.91 Å². The molecule has 1 N–H and O–H groups in total. The molecule has 1 aromatic carbocycles. The van der Waals surface area contributed by atoms with Crippen molar-refractivity contribution < 1.29 is 9.53 Å². The average molecular weight is 299 g/mol. The van der Waals surface area contributed by atoms with E-state index in [2.05, 4.69) is 17.1 Å². The summed E-state index contributed by atoms with van der Waals surface area (Å²) >= 11 is 0. The zero-order valence-electron chi connectivity index (χ0n) is 13.0. The lowest BCUT2D eigenvalue weighted by molar-refractivity contribution is 0.0677. The molecule has 0 bridgehead atoms. The summed E-state index contributed by atoms with van der Waals surface area (Å²) in [6, 6.07) is 9.47. The van der Waals surface area contributed by atoms with Gasteiger partial charge in [-0.15, -0.1) is 0 Å². The molecule has 1 aliphatic heterocycles. The summed E-state index contributed by atoms with van der Waals surface area (Å²) in [6.07, 6.45) is 2.27. The fourth-order valence-corrected chi connectivity index (χ4v) is 2.89. The van der Waals surface area contributed by atoms with Crippen molar-refractivity contribution in [2.45, 2.75) is 19.8 Å². The SMILES string of the molecule is COc1ccc(-c2cc(C(=O)N3CCCC(C)C3)[nH]n2)cc1. The smallest absolute Gasteiger partial charge is 0.271 e. The van der Waals surface area contributed by atoms with Crippen LogP contribution in [0.4, 0.5) is 0 Å². The van der Waals surface area contributed by atoms with Crippen LogP contribution in [0.3, 0.4) is 0 Å². The van der Waals surface area contributed by atoms with Gasteiger partial charge in [-0.25, -0.2) is 0 Å². The molecule has 0 spiro atoms. The van der Waals surface area contributed by atoms with Crippen LogP contribution in [0, 0.1) is 5.92 Å². The fourth-order valence-electron chi connectivity index (χ4n) is 2.89. The Morgan fingerprint density at radius 1 is 1.36 bits per heavy atom. The van der Waals surface area contributed by atoms with Gasteiger partial charge in [0.2, 0.25) is 0 Å². The van der Waals surface area contributed by atoms with E-state index in [1.165, 1.54) is 6.42 Å². The first-order chi connectivity index (χ1) is 10.7. The quantitative estimate of drug-likeness (QED) is 0.948. The Morgan fingerprint density at radius 2 is 2.14 bits per heavy atom. The van der Waals surface area contributed by atoms with Gasteiger partial charge in [-0.2, -0.15) is 5.10 Å². The third kappa shape index (κ3) is 2.98. The molecule has 1 saturated heterocycles. The van der Waals surface area contributed by atoms with Crippen molar-refractivity contribution in [2.24, 2.45) is 5.92 Å². The van der Waals surface area contributed by atoms with Gasteiger partial charge in [0.15, 0.2) is 0 Å². The molecule has 1 atom stereocenters. The second-order valence-electron chi connectivity index (χ2n) is 5.89. The highest BCUT2D eigenvalue weighted by molar-refractivity contribution is 5.93. The molecule has 2 aromatic rings. The number of hydrogen-bond donors (Lipinski definition) is 1. The molecule has 1 aromatic heterocycles. The molecule has 2 heterocycles. The number of H-pyrrole nitrogens is 1. The Kier molecular flexibility index (Phi) is 4.13. The van der Waals surface area contributed by atoms with Crippen LogP contribution in [0.15, 0.2) is 30.3 Å². The molecule has 0 radical (unpaired) electrons. The first-order valence-electron chi connectivity index (χ1n) is 7.66. The Hall–Kier alpha value is -2.30. The maximum absolute atomic E-state index is 12.5. The van der Waals surface area contributed by atoms with Gasteiger partial charge in [0.25, 0.3) is 5.91 Å². The van der Waals surface area contributed by atoms with Crippen LogP contribution in [-0.2, 0) is 0 Å². The molecule has 5 heteroatoms. The maximum atomic E-state index is 12.5. The highest BCUT2D eigenvalue weighted by atomic mass is 16.5. The molecule has 1 aliphatic rings. The van der Waals surface area contributed by atoms with Gasteiger partial charge in [-0.05, 0) is 49.1 Å². The summed E-state index contributed by atoms with van der Waals surface area (Å²) in [5, 5.41) is 7.14. The third-order valence-electron chi connectivity index (χ3n) is 4.14. The molecular weight excluding hydrogens is 278 g/mol. The lowest BCUT2D eigenvalue weighted by atomic mass is 10.00. The summed E-state index contributed by atoms with van der Waals surface area (Å²) in [6.45, 7) is 3.85. The Labute approximate surface area is 130 Å². The molecule has 0 aliphatic carbocycles. The number of ether oxygens (including phenoxy) is 1. The number of hydrogen-bond acceptors (Lipinski definition) is 3. The molecule has 1 amide bonds. The van der Waals surface area contributed by atoms with Crippen LogP contribution in [0.2, 0.25) is 0 Å². The number of amides is 1. The van der Waals surface area contributed by atoms with Crippen molar-refractivity contribution in [1.82, 2.24) is 15.1 Å². The lowest BCUT2D eigenvalue weighted by Gasteiger charge is -2.30. The molecule has 0 saturated carbocycles. The number of methoxy groups -OCH3 is 1. The second-order valence-corrected chi connectivity index (χ2v) is 5.89. The zero-order chi connectivity index (χ0) is 15.5. The van der Waals surface area contributed by atoms with Gasteiger partial charge in [0.05, 0.1) is 12.8 Å². The summed E-state index contributed by atoms with van der Waals surface area (Å²) < 4.78 is 5.15. The van der Waals surface area contributed by atoms with Gasteiger partial charge in [-0.1, -0.05) is 6.92 Å². The van der Waals surface area contributed by atoms with E-state index in [0.29, 0.717) is 11.6 Å². The molecule has 1 unspecified atom stereocenters. The number of likely N-dealkylation sites (tertiary alicyclic amines) is 1. The van der Waals surface area contributed by atoms with Crippen molar-refractivity contribution in [3.63, 3.8) is 0 Å². The minimum absolute atomic E-state index is 0.0406. The van der Waals surface area contributed by atoms with Crippen LogP contribution in [0.5, 0.6) is 5.75 Å². The van der Waals surface area contributed by atoms with E-state index in [1.54, 1.807) is 7.11 Å². The second kappa shape index (κ2) is 6.22. The van der Waals surface area contributed by atoms with Crippen molar-refractivity contribution in [3.8, 4) is 17.0 Å². The number of piperidine rings is 1. The minimum atomic E-state index is 0.0406. The number of carbonyl (C=O) groups is 1. The summed E-state index contributed by atoms with van der Waals surface area (Å²) in [5.41, 5.74) is 2.29. The average Bonchev–Trinajstić information content (AvgIpc) is 3.04. The van der Waals surface area contributed by atoms with Gasteiger partial charge < -0.3 is 9.64 Å². The highest BCUT2D eigenvalue weighted by Gasteiger charge is 2.23. The first-order valence-corrected chi connectivity index (χ1v) is 7.66. The van der Waals surface area contributed by atoms with E-state index in [0.717, 1.165) is 36.5 Å². The minimum Gasteiger partial charge on any atom is -0.497 e. The van der Waals surface area contributed by atoms with Crippen molar-refractivity contribution in [1.29, 1.82) is 0 Å². The number of nitrogens with one attached hydrogen (secondary N) is 1.